The summed E-state index contributed by atoms with van der Waals surface area (Å²) in [6.45, 7) is 2.02. The minimum absolute atomic E-state index is 1.03. The van der Waals surface area contributed by atoms with Gasteiger partial charge in [0.25, 0.3) is 0 Å². The molecule has 0 aliphatic rings. The van der Waals surface area contributed by atoms with Crippen LogP contribution in [0.25, 0.3) is 16.0 Å². The van der Waals surface area contributed by atoms with E-state index in [1.165, 1.54) is 10.4 Å². The largest absolute Gasteiger partial charge is 0.303 e. The van der Waals surface area contributed by atoms with Gasteiger partial charge < -0.3 is 4.40 Å². The summed E-state index contributed by atoms with van der Waals surface area (Å²) >= 11 is 1.76. The number of aryl methyl sites for hydroxylation is 1. The van der Waals surface area contributed by atoms with E-state index in [1.807, 2.05) is 13.1 Å². The molecule has 2 nitrogen and oxygen atoms in total. The zero-order chi connectivity index (χ0) is 10.3. The third kappa shape index (κ3) is 1.36. The van der Waals surface area contributed by atoms with Crippen LogP contribution in [0.4, 0.5) is 0 Å². The second kappa shape index (κ2) is 3.21. The van der Waals surface area contributed by atoms with Gasteiger partial charge in [0.1, 0.15) is 5.82 Å². The molecule has 74 valence electrons. The highest BCUT2D eigenvalue weighted by atomic mass is 32.1. The van der Waals surface area contributed by atoms with Crippen molar-refractivity contribution in [1.82, 2.24) is 9.38 Å². The van der Waals surface area contributed by atoms with Crippen molar-refractivity contribution in [1.29, 1.82) is 0 Å². The minimum Gasteiger partial charge on any atom is -0.303 e. The molecule has 3 aromatic rings. The van der Waals surface area contributed by atoms with Gasteiger partial charge >= 0.3 is 0 Å². The van der Waals surface area contributed by atoms with E-state index in [0.29, 0.717) is 0 Å². The Morgan fingerprint density at radius 1 is 1.27 bits per heavy atom. The number of thiophene rings is 1. The SMILES string of the molecule is Cc1ncc2ccc(-c3cccs3)cn12. The number of nitrogens with zero attached hydrogens (tertiary/aromatic N) is 2. The normalized spacial score (nSPS) is 11.0. The smallest absolute Gasteiger partial charge is 0.110 e. The van der Waals surface area contributed by atoms with Gasteiger partial charge in [-0.25, -0.2) is 4.98 Å². The molecule has 0 saturated heterocycles. The number of pyridine rings is 1. The monoisotopic (exact) mass is 214 g/mol. The highest BCUT2D eigenvalue weighted by Crippen LogP contribution is 2.25. The first kappa shape index (κ1) is 8.68. The van der Waals surface area contributed by atoms with Crippen molar-refractivity contribution in [3.8, 4) is 10.4 Å². The van der Waals surface area contributed by atoms with Crippen molar-refractivity contribution in [2.75, 3.05) is 0 Å². The summed E-state index contributed by atoms with van der Waals surface area (Å²) in [7, 11) is 0. The molecular formula is C12H10N2S. The molecule has 3 rings (SSSR count). The molecule has 0 saturated carbocycles. The maximum Gasteiger partial charge on any atom is 0.110 e. The molecule has 3 heterocycles. The lowest BCUT2D eigenvalue weighted by atomic mass is 10.2. The summed E-state index contributed by atoms with van der Waals surface area (Å²) in [6, 6.07) is 8.46. The van der Waals surface area contributed by atoms with E-state index in [2.05, 4.69) is 45.2 Å². The van der Waals surface area contributed by atoms with E-state index in [0.717, 1.165) is 11.3 Å². The van der Waals surface area contributed by atoms with Crippen LogP contribution in [0.3, 0.4) is 0 Å². The second-order valence-corrected chi connectivity index (χ2v) is 4.44. The Hall–Kier alpha value is -1.61. The van der Waals surface area contributed by atoms with Gasteiger partial charge in [-0.3, -0.25) is 0 Å². The summed E-state index contributed by atoms with van der Waals surface area (Å²) in [6.07, 6.45) is 4.04. The molecule has 0 aliphatic heterocycles. The van der Waals surface area contributed by atoms with Crippen LogP contribution >= 0.6 is 11.3 Å². The predicted octanol–water partition coefficient (Wildman–Crippen LogP) is 3.37. The molecular weight excluding hydrogens is 204 g/mol. The van der Waals surface area contributed by atoms with Crippen LogP contribution in [-0.2, 0) is 0 Å². The van der Waals surface area contributed by atoms with E-state index in [1.54, 1.807) is 11.3 Å². The lowest BCUT2D eigenvalue weighted by Crippen LogP contribution is -1.87. The van der Waals surface area contributed by atoms with E-state index in [9.17, 15) is 0 Å². The molecule has 0 amide bonds. The number of fused-ring (bicyclic) bond motifs is 1. The summed E-state index contributed by atoms with van der Waals surface area (Å²) in [5.41, 5.74) is 2.39. The van der Waals surface area contributed by atoms with E-state index in [-0.39, 0.29) is 0 Å². The van der Waals surface area contributed by atoms with Crippen LogP contribution in [-0.4, -0.2) is 9.38 Å². The molecule has 0 N–H and O–H groups in total. The fourth-order valence-electron chi connectivity index (χ4n) is 1.71. The highest BCUT2D eigenvalue weighted by Gasteiger charge is 2.02. The Morgan fingerprint density at radius 2 is 2.20 bits per heavy atom. The van der Waals surface area contributed by atoms with Crippen LogP contribution in [0, 0.1) is 6.92 Å². The molecule has 0 unspecified atom stereocenters. The summed E-state index contributed by atoms with van der Waals surface area (Å²) in [5.74, 6) is 1.03. The third-order valence-corrected chi connectivity index (χ3v) is 3.44. The Kier molecular flexibility index (Phi) is 1.86. The van der Waals surface area contributed by atoms with E-state index >= 15 is 0 Å². The lowest BCUT2D eigenvalue weighted by Gasteiger charge is -2.00. The standard InChI is InChI=1S/C12H10N2S/c1-9-13-7-11-5-4-10(8-14(9)11)12-3-2-6-15-12/h2-8H,1H3. The molecule has 0 radical (unpaired) electrons. The van der Waals surface area contributed by atoms with Gasteiger partial charge in [0.15, 0.2) is 0 Å². The van der Waals surface area contributed by atoms with Crippen molar-refractivity contribution in [3.05, 3.63) is 47.9 Å². The maximum atomic E-state index is 4.28. The molecule has 0 bridgehead atoms. The summed E-state index contributed by atoms with van der Waals surface area (Å²) in [5, 5.41) is 2.10. The first-order chi connectivity index (χ1) is 7.34. The number of rotatable bonds is 1. The van der Waals surface area contributed by atoms with E-state index < -0.39 is 0 Å². The van der Waals surface area contributed by atoms with Crippen molar-refractivity contribution in [3.63, 3.8) is 0 Å². The predicted molar refractivity (Wildman–Crippen MR) is 63.2 cm³/mol. The summed E-state index contributed by atoms with van der Waals surface area (Å²) in [4.78, 5) is 5.58. The van der Waals surface area contributed by atoms with Gasteiger partial charge in [0, 0.05) is 16.6 Å². The van der Waals surface area contributed by atoms with Gasteiger partial charge in [-0.05, 0) is 30.5 Å². The topological polar surface area (TPSA) is 17.3 Å². The van der Waals surface area contributed by atoms with Gasteiger partial charge in [0.05, 0.1) is 11.7 Å². The van der Waals surface area contributed by atoms with Crippen molar-refractivity contribution in [2.45, 2.75) is 6.92 Å². The third-order valence-electron chi connectivity index (χ3n) is 2.52. The van der Waals surface area contributed by atoms with Gasteiger partial charge in [-0.2, -0.15) is 0 Å². The molecule has 0 aliphatic carbocycles. The van der Waals surface area contributed by atoms with E-state index in [4.69, 9.17) is 0 Å². The average molecular weight is 214 g/mol. The Balaban J connectivity index is 2.25. The average Bonchev–Trinajstić information content (AvgIpc) is 2.88. The Morgan fingerprint density at radius 3 is 3.00 bits per heavy atom. The molecule has 15 heavy (non-hydrogen) atoms. The van der Waals surface area contributed by atoms with Gasteiger partial charge in [-0.1, -0.05) is 6.07 Å². The molecule has 3 aromatic heterocycles. The number of hydrogen-bond acceptors (Lipinski definition) is 2. The lowest BCUT2D eigenvalue weighted by molar-refractivity contribution is 1.05. The molecule has 0 spiro atoms. The van der Waals surface area contributed by atoms with Crippen molar-refractivity contribution >= 4 is 16.9 Å². The van der Waals surface area contributed by atoms with Crippen LogP contribution in [0.1, 0.15) is 5.82 Å². The summed E-state index contributed by atoms with van der Waals surface area (Å²) < 4.78 is 2.12. The number of imidazole rings is 1. The van der Waals surface area contributed by atoms with Crippen LogP contribution in [0.15, 0.2) is 42.0 Å². The fraction of sp³-hybridized carbons (Fsp3) is 0.0833. The number of hydrogen-bond donors (Lipinski definition) is 0. The number of aromatic nitrogens is 2. The quantitative estimate of drug-likeness (QED) is 0.607. The molecule has 0 aromatic carbocycles. The zero-order valence-corrected chi connectivity index (χ0v) is 9.16. The van der Waals surface area contributed by atoms with Crippen LogP contribution in [0.5, 0.6) is 0 Å². The van der Waals surface area contributed by atoms with Crippen LogP contribution in [0.2, 0.25) is 0 Å². The molecule has 0 fully saturated rings. The maximum absolute atomic E-state index is 4.28. The zero-order valence-electron chi connectivity index (χ0n) is 8.34. The van der Waals surface area contributed by atoms with Crippen molar-refractivity contribution in [2.24, 2.45) is 0 Å². The Labute approximate surface area is 91.8 Å². The van der Waals surface area contributed by atoms with Crippen LogP contribution < -0.4 is 0 Å². The second-order valence-electron chi connectivity index (χ2n) is 3.50. The van der Waals surface area contributed by atoms with Gasteiger partial charge in [0.2, 0.25) is 0 Å². The minimum atomic E-state index is 1.03. The fourth-order valence-corrected chi connectivity index (χ4v) is 2.43. The van der Waals surface area contributed by atoms with Crippen molar-refractivity contribution < 1.29 is 0 Å². The molecule has 3 heteroatoms. The Bertz CT molecular complexity index is 593. The first-order valence-electron chi connectivity index (χ1n) is 4.82. The van der Waals surface area contributed by atoms with Gasteiger partial charge in [-0.15, -0.1) is 11.3 Å². The highest BCUT2D eigenvalue weighted by molar-refractivity contribution is 7.13. The first-order valence-corrected chi connectivity index (χ1v) is 5.70. The molecule has 0 atom stereocenters.